The van der Waals surface area contributed by atoms with E-state index < -0.39 is 0 Å². The Balaban J connectivity index is 1.80. The monoisotopic (exact) mass is 350 g/mol. The summed E-state index contributed by atoms with van der Waals surface area (Å²) in [6.45, 7) is 3.82. The van der Waals surface area contributed by atoms with Crippen molar-refractivity contribution in [3.8, 4) is 11.5 Å². The maximum atomic E-state index is 12.2. The fourth-order valence-corrected chi connectivity index (χ4v) is 2.53. The smallest absolute Gasteiger partial charge is 0.133 e. The van der Waals surface area contributed by atoms with E-state index in [1.165, 1.54) is 0 Å². The van der Waals surface area contributed by atoms with E-state index in [0.29, 0.717) is 12.8 Å². The second-order valence-corrected chi connectivity index (χ2v) is 6.01. The molecule has 0 N–H and O–H groups in total. The van der Waals surface area contributed by atoms with Gasteiger partial charge in [-0.05, 0) is 62.1 Å². The van der Waals surface area contributed by atoms with Gasteiger partial charge in [0.2, 0.25) is 0 Å². The number of rotatable bonds is 10. The molecule has 0 atom stereocenters. The van der Waals surface area contributed by atoms with Gasteiger partial charge in [-0.1, -0.05) is 36.4 Å². The van der Waals surface area contributed by atoms with Crippen molar-refractivity contribution in [3.05, 3.63) is 84.3 Å². The standard InChI is InChI=1S/C23H26O3/c1-3-15-25-22-9-5-7-19(17-22)11-13-21(24)14-12-20-8-6-10-23(18-20)26-16-4-2/h3-10,15-18H,11-14H2,1-2H3. The highest BCUT2D eigenvalue weighted by Gasteiger charge is 2.05. The normalized spacial score (nSPS) is 11.2. The largest absolute Gasteiger partial charge is 0.465 e. The first-order valence-electron chi connectivity index (χ1n) is 8.96. The lowest BCUT2D eigenvalue weighted by atomic mass is 10.0. The molecule has 3 heteroatoms. The minimum atomic E-state index is 0.268. The molecule has 0 saturated heterocycles. The quantitative estimate of drug-likeness (QED) is 0.520. The molecule has 0 bridgehead atoms. The molecule has 0 aliphatic heterocycles. The van der Waals surface area contributed by atoms with Gasteiger partial charge in [-0.25, -0.2) is 0 Å². The van der Waals surface area contributed by atoms with Gasteiger partial charge in [-0.15, -0.1) is 0 Å². The predicted molar refractivity (Wildman–Crippen MR) is 105 cm³/mol. The van der Waals surface area contributed by atoms with Crippen LogP contribution < -0.4 is 9.47 Å². The maximum Gasteiger partial charge on any atom is 0.133 e. The van der Waals surface area contributed by atoms with Gasteiger partial charge >= 0.3 is 0 Å². The molecule has 0 heterocycles. The van der Waals surface area contributed by atoms with Crippen LogP contribution in [-0.2, 0) is 17.6 Å². The summed E-state index contributed by atoms with van der Waals surface area (Å²) in [5.74, 6) is 1.86. The first-order chi connectivity index (χ1) is 12.7. The molecular weight excluding hydrogens is 324 g/mol. The number of Topliss-reactive ketones (excluding diaryl/α,β-unsaturated/α-hetero) is 1. The Morgan fingerprint density at radius 2 is 1.27 bits per heavy atom. The molecule has 0 aliphatic rings. The first kappa shape index (κ1) is 19.5. The van der Waals surface area contributed by atoms with Gasteiger partial charge in [-0.2, -0.15) is 0 Å². The van der Waals surface area contributed by atoms with E-state index in [1.807, 2.05) is 74.5 Å². The summed E-state index contributed by atoms with van der Waals surface area (Å²) in [4.78, 5) is 12.2. The van der Waals surface area contributed by atoms with Gasteiger partial charge in [0, 0.05) is 12.8 Å². The fraction of sp³-hybridized carbons (Fsp3) is 0.261. The Morgan fingerprint density at radius 1 is 0.808 bits per heavy atom. The minimum Gasteiger partial charge on any atom is -0.465 e. The third kappa shape index (κ3) is 6.98. The lowest BCUT2D eigenvalue weighted by Crippen LogP contribution is -2.02. The van der Waals surface area contributed by atoms with E-state index in [2.05, 4.69) is 0 Å². The number of hydrogen-bond donors (Lipinski definition) is 0. The van der Waals surface area contributed by atoms with E-state index in [-0.39, 0.29) is 5.78 Å². The molecule has 3 nitrogen and oxygen atoms in total. The molecular formula is C23H26O3. The number of benzene rings is 2. The van der Waals surface area contributed by atoms with Crippen molar-refractivity contribution in [3.63, 3.8) is 0 Å². The van der Waals surface area contributed by atoms with E-state index in [0.717, 1.165) is 35.5 Å². The van der Waals surface area contributed by atoms with Crippen LogP contribution in [0.5, 0.6) is 11.5 Å². The summed E-state index contributed by atoms with van der Waals surface area (Å²) < 4.78 is 10.9. The highest BCUT2D eigenvalue weighted by molar-refractivity contribution is 5.78. The van der Waals surface area contributed by atoms with Crippen LogP contribution in [0.3, 0.4) is 0 Å². The molecule has 136 valence electrons. The van der Waals surface area contributed by atoms with Crippen molar-refractivity contribution in [1.29, 1.82) is 0 Å². The lowest BCUT2D eigenvalue weighted by Gasteiger charge is -2.06. The molecule has 0 aliphatic carbocycles. The number of allylic oxidation sites excluding steroid dienone is 2. The van der Waals surface area contributed by atoms with Gasteiger partial charge in [0.05, 0.1) is 12.5 Å². The SMILES string of the molecule is CC=COc1cccc(CCC(=O)CCc2cccc(OC=CC)c2)c1. The number of carbonyl (C=O) groups excluding carboxylic acids is 1. The Kier molecular flexibility index (Phi) is 8.20. The molecule has 0 amide bonds. The second kappa shape index (κ2) is 10.9. The molecule has 2 aromatic rings. The van der Waals surface area contributed by atoms with Crippen LogP contribution in [0, 0.1) is 0 Å². The van der Waals surface area contributed by atoms with Crippen molar-refractivity contribution in [2.24, 2.45) is 0 Å². The van der Waals surface area contributed by atoms with Crippen LogP contribution in [0.4, 0.5) is 0 Å². The summed E-state index contributed by atoms with van der Waals surface area (Å²) in [6, 6.07) is 15.7. The van der Waals surface area contributed by atoms with Crippen molar-refractivity contribution in [1.82, 2.24) is 0 Å². The van der Waals surface area contributed by atoms with Crippen LogP contribution in [0.1, 0.15) is 37.8 Å². The summed E-state index contributed by atoms with van der Waals surface area (Å²) in [5.41, 5.74) is 2.23. The molecule has 0 aromatic heterocycles. The summed E-state index contributed by atoms with van der Waals surface area (Å²) in [5, 5.41) is 0. The molecule has 0 saturated carbocycles. The summed E-state index contributed by atoms with van der Waals surface area (Å²) in [6.07, 6.45) is 9.54. The number of aryl methyl sites for hydroxylation is 2. The molecule has 2 aromatic carbocycles. The molecule has 0 spiro atoms. The van der Waals surface area contributed by atoms with Crippen molar-refractivity contribution >= 4 is 5.78 Å². The predicted octanol–water partition coefficient (Wildman–Crippen LogP) is 5.65. The molecule has 0 unspecified atom stereocenters. The third-order valence-electron chi connectivity index (χ3n) is 3.86. The minimum absolute atomic E-state index is 0.268. The second-order valence-electron chi connectivity index (χ2n) is 6.01. The Labute approximate surface area is 156 Å². The van der Waals surface area contributed by atoms with Crippen molar-refractivity contribution in [2.75, 3.05) is 0 Å². The zero-order valence-electron chi connectivity index (χ0n) is 15.5. The molecule has 0 fully saturated rings. The fourth-order valence-electron chi connectivity index (χ4n) is 2.53. The van der Waals surface area contributed by atoms with Crippen LogP contribution >= 0.6 is 0 Å². The highest BCUT2D eigenvalue weighted by atomic mass is 16.5. The van der Waals surface area contributed by atoms with Crippen LogP contribution in [0.25, 0.3) is 0 Å². The average Bonchev–Trinajstić information content (AvgIpc) is 2.68. The van der Waals surface area contributed by atoms with Crippen molar-refractivity contribution in [2.45, 2.75) is 39.5 Å². The molecule has 0 radical (unpaired) electrons. The van der Waals surface area contributed by atoms with Crippen LogP contribution in [0.2, 0.25) is 0 Å². The number of hydrogen-bond acceptors (Lipinski definition) is 3. The van der Waals surface area contributed by atoms with Gasteiger partial charge in [0.15, 0.2) is 0 Å². The molecule has 2 rings (SSSR count). The third-order valence-corrected chi connectivity index (χ3v) is 3.86. The zero-order chi connectivity index (χ0) is 18.6. The van der Waals surface area contributed by atoms with Gasteiger partial charge in [0.25, 0.3) is 0 Å². The van der Waals surface area contributed by atoms with Crippen LogP contribution in [0.15, 0.2) is 73.2 Å². The van der Waals surface area contributed by atoms with Gasteiger partial charge < -0.3 is 9.47 Å². The van der Waals surface area contributed by atoms with Gasteiger partial charge in [0.1, 0.15) is 17.3 Å². The number of carbonyl (C=O) groups is 1. The average molecular weight is 350 g/mol. The van der Waals surface area contributed by atoms with E-state index in [1.54, 1.807) is 12.5 Å². The summed E-state index contributed by atoms with van der Waals surface area (Å²) >= 11 is 0. The van der Waals surface area contributed by atoms with E-state index >= 15 is 0 Å². The Bertz CT molecular complexity index is 696. The van der Waals surface area contributed by atoms with E-state index in [9.17, 15) is 4.79 Å². The van der Waals surface area contributed by atoms with Crippen LogP contribution in [-0.4, -0.2) is 5.78 Å². The Morgan fingerprint density at radius 3 is 1.69 bits per heavy atom. The zero-order valence-corrected chi connectivity index (χ0v) is 15.5. The van der Waals surface area contributed by atoms with Gasteiger partial charge in [-0.3, -0.25) is 4.79 Å². The van der Waals surface area contributed by atoms with Crippen molar-refractivity contribution < 1.29 is 14.3 Å². The number of ether oxygens (including phenoxy) is 2. The first-order valence-corrected chi connectivity index (χ1v) is 8.96. The Hall–Kier alpha value is -2.81. The topological polar surface area (TPSA) is 35.5 Å². The highest BCUT2D eigenvalue weighted by Crippen LogP contribution is 2.17. The van der Waals surface area contributed by atoms with E-state index in [4.69, 9.17) is 9.47 Å². The molecule has 26 heavy (non-hydrogen) atoms. The number of ketones is 1. The summed E-state index contributed by atoms with van der Waals surface area (Å²) in [7, 11) is 0. The maximum absolute atomic E-state index is 12.2. The lowest BCUT2D eigenvalue weighted by molar-refractivity contribution is -0.119.